The van der Waals surface area contributed by atoms with E-state index in [0.717, 1.165) is 29.8 Å². The SMILES string of the molecule is Cc1ccc(S(=O)(=O)N2CCN(CC(=O)NN3C(=O)NC4(CCCCC4)C3=O)CC2)cc1. The first-order valence-corrected chi connectivity index (χ1v) is 12.4. The van der Waals surface area contributed by atoms with Crippen LogP contribution in [0.3, 0.4) is 0 Å². The van der Waals surface area contributed by atoms with Gasteiger partial charge in [0.2, 0.25) is 10.0 Å². The van der Waals surface area contributed by atoms with Crippen molar-refractivity contribution in [3.63, 3.8) is 0 Å². The zero-order chi connectivity index (χ0) is 22.9. The molecule has 2 aliphatic heterocycles. The van der Waals surface area contributed by atoms with E-state index in [9.17, 15) is 22.8 Å². The Kier molecular flexibility index (Phi) is 6.24. The largest absolute Gasteiger partial charge is 0.344 e. The average molecular weight is 464 g/mol. The van der Waals surface area contributed by atoms with Gasteiger partial charge in [-0.15, -0.1) is 0 Å². The fourth-order valence-corrected chi connectivity index (χ4v) is 5.99. The van der Waals surface area contributed by atoms with Gasteiger partial charge in [0.05, 0.1) is 11.4 Å². The zero-order valence-electron chi connectivity index (χ0n) is 18.2. The molecular formula is C21H29N5O5S. The number of carbonyl (C=O) groups is 3. The number of imide groups is 1. The number of carbonyl (C=O) groups excluding carboxylic acids is 3. The third-order valence-corrected chi connectivity index (χ3v) is 8.38. The van der Waals surface area contributed by atoms with Crippen LogP contribution < -0.4 is 10.7 Å². The van der Waals surface area contributed by atoms with Gasteiger partial charge in [0.15, 0.2) is 0 Å². The van der Waals surface area contributed by atoms with Crippen molar-refractivity contribution in [3.05, 3.63) is 29.8 Å². The van der Waals surface area contributed by atoms with E-state index in [0.29, 0.717) is 25.9 Å². The molecule has 32 heavy (non-hydrogen) atoms. The summed E-state index contributed by atoms with van der Waals surface area (Å²) in [6.07, 6.45) is 3.93. The van der Waals surface area contributed by atoms with Crippen molar-refractivity contribution in [3.8, 4) is 0 Å². The van der Waals surface area contributed by atoms with Crippen LogP contribution in [0.2, 0.25) is 0 Å². The summed E-state index contributed by atoms with van der Waals surface area (Å²) in [6.45, 7) is 3.15. The van der Waals surface area contributed by atoms with E-state index in [4.69, 9.17) is 0 Å². The molecule has 11 heteroatoms. The standard InChI is InChI=1S/C21H29N5O5S/c1-16-5-7-17(8-6-16)32(30,31)25-13-11-24(12-14-25)15-18(27)23-26-19(28)21(22-20(26)29)9-3-2-4-10-21/h5-8H,2-4,9-15H2,1H3,(H,22,29)(H,23,27). The highest BCUT2D eigenvalue weighted by Crippen LogP contribution is 2.33. The van der Waals surface area contributed by atoms with E-state index in [1.165, 1.54) is 4.31 Å². The number of benzene rings is 1. The van der Waals surface area contributed by atoms with Gasteiger partial charge in [-0.2, -0.15) is 9.31 Å². The van der Waals surface area contributed by atoms with E-state index in [1.54, 1.807) is 24.3 Å². The summed E-state index contributed by atoms with van der Waals surface area (Å²) >= 11 is 0. The molecule has 0 aromatic heterocycles. The number of amides is 4. The molecule has 4 amide bonds. The highest BCUT2D eigenvalue weighted by Gasteiger charge is 2.52. The smallest absolute Gasteiger partial charge is 0.322 e. The molecule has 1 aromatic rings. The average Bonchev–Trinajstić information content (AvgIpc) is 2.98. The first kappa shape index (κ1) is 22.7. The molecule has 174 valence electrons. The maximum absolute atomic E-state index is 12.8. The maximum atomic E-state index is 12.8. The fourth-order valence-electron chi connectivity index (χ4n) is 4.57. The maximum Gasteiger partial charge on any atom is 0.344 e. The summed E-state index contributed by atoms with van der Waals surface area (Å²) < 4.78 is 27.0. The van der Waals surface area contributed by atoms with Gasteiger partial charge in [-0.25, -0.2) is 13.2 Å². The number of hydrogen-bond acceptors (Lipinski definition) is 6. The molecule has 2 saturated heterocycles. The molecule has 3 fully saturated rings. The van der Waals surface area contributed by atoms with Gasteiger partial charge in [0.1, 0.15) is 5.54 Å². The fraction of sp³-hybridized carbons (Fsp3) is 0.571. The van der Waals surface area contributed by atoms with E-state index in [2.05, 4.69) is 10.7 Å². The molecule has 0 radical (unpaired) electrons. The van der Waals surface area contributed by atoms with Crippen molar-refractivity contribution in [2.24, 2.45) is 0 Å². The summed E-state index contributed by atoms with van der Waals surface area (Å²) in [6, 6.07) is 6.13. The minimum atomic E-state index is -3.58. The molecule has 1 spiro atoms. The van der Waals surface area contributed by atoms with E-state index >= 15 is 0 Å². The Morgan fingerprint density at radius 3 is 2.28 bits per heavy atom. The number of hydrogen-bond donors (Lipinski definition) is 2. The number of rotatable bonds is 5. The topological polar surface area (TPSA) is 119 Å². The number of hydrazine groups is 1. The first-order chi connectivity index (χ1) is 15.2. The van der Waals surface area contributed by atoms with Gasteiger partial charge >= 0.3 is 6.03 Å². The Balaban J connectivity index is 1.30. The molecule has 1 saturated carbocycles. The molecule has 0 bridgehead atoms. The summed E-state index contributed by atoms with van der Waals surface area (Å²) in [7, 11) is -3.58. The minimum Gasteiger partial charge on any atom is -0.322 e. The van der Waals surface area contributed by atoms with Gasteiger partial charge in [-0.05, 0) is 31.9 Å². The van der Waals surface area contributed by atoms with Crippen LogP contribution in [-0.2, 0) is 19.6 Å². The lowest BCUT2D eigenvalue weighted by Gasteiger charge is -2.33. The quantitative estimate of drug-likeness (QED) is 0.617. The van der Waals surface area contributed by atoms with E-state index in [-0.39, 0.29) is 24.5 Å². The van der Waals surface area contributed by atoms with Gasteiger partial charge in [-0.3, -0.25) is 19.9 Å². The predicted molar refractivity (Wildman–Crippen MR) is 116 cm³/mol. The molecule has 1 aromatic carbocycles. The summed E-state index contributed by atoms with van der Waals surface area (Å²) in [5.74, 6) is -0.874. The Bertz CT molecular complexity index is 996. The number of urea groups is 1. The third kappa shape index (κ3) is 4.37. The van der Waals surface area contributed by atoms with Crippen molar-refractivity contribution >= 4 is 27.9 Å². The van der Waals surface area contributed by atoms with Gasteiger partial charge < -0.3 is 5.32 Å². The molecule has 1 aliphatic carbocycles. The number of piperazine rings is 1. The van der Waals surface area contributed by atoms with Gasteiger partial charge in [0.25, 0.3) is 11.8 Å². The van der Waals surface area contributed by atoms with Gasteiger partial charge in [-0.1, -0.05) is 37.0 Å². The second-order valence-electron chi connectivity index (χ2n) is 8.74. The lowest BCUT2D eigenvalue weighted by molar-refractivity contribution is -0.140. The van der Waals surface area contributed by atoms with Crippen LogP contribution in [-0.4, -0.2) is 78.7 Å². The van der Waals surface area contributed by atoms with Crippen LogP contribution in [0.25, 0.3) is 0 Å². The normalized spacial score (nSPS) is 22.2. The van der Waals surface area contributed by atoms with Crippen molar-refractivity contribution in [2.75, 3.05) is 32.7 Å². The van der Waals surface area contributed by atoms with Gasteiger partial charge in [0, 0.05) is 26.2 Å². The minimum absolute atomic E-state index is 0.0253. The number of nitrogens with zero attached hydrogens (tertiary/aromatic N) is 3. The lowest BCUT2D eigenvalue weighted by Crippen LogP contribution is -2.54. The van der Waals surface area contributed by atoms with Crippen LogP contribution in [0.5, 0.6) is 0 Å². The number of sulfonamides is 1. The van der Waals surface area contributed by atoms with Crippen molar-refractivity contribution in [1.82, 2.24) is 25.0 Å². The van der Waals surface area contributed by atoms with E-state index < -0.39 is 33.4 Å². The van der Waals surface area contributed by atoms with Crippen LogP contribution in [0.1, 0.15) is 37.7 Å². The summed E-state index contributed by atoms with van der Waals surface area (Å²) in [5.41, 5.74) is 2.52. The number of nitrogens with one attached hydrogen (secondary N) is 2. The molecule has 2 heterocycles. The van der Waals surface area contributed by atoms with Crippen molar-refractivity contribution in [1.29, 1.82) is 0 Å². The first-order valence-electron chi connectivity index (χ1n) is 11.0. The van der Waals surface area contributed by atoms with Crippen LogP contribution in [0, 0.1) is 6.92 Å². The highest BCUT2D eigenvalue weighted by molar-refractivity contribution is 7.89. The molecule has 0 atom stereocenters. The molecule has 4 rings (SSSR count). The predicted octanol–water partition coefficient (Wildman–Crippen LogP) is 0.587. The second-order valence-corrected chi connectivity index (χ2v) is 10.7. The molecular weight excluding hydrogens is 434 g/mol. The summed E-state index contributed by atoms with van der Waals surface area (Å²) in [5, 5.41) is 3.55. The Hall–Kier alpha value is -2.50. The monoisotopic (exact) mass is 463 g/mol. The third-order valence-electron chi connectivity index (χ3n) is 6.46. The van der Waals surface area contributed by atoms with E-state index in [1.807, 2.05) is 11.8 Å². The summed E-state index contributed by atoms with van der Waals surface area (Å²) in [4.78, 5) is 39.6. The number of aryl methyl sites for hydroxylation is 1. The second kappa shape index (κ2) is 8.80. The van der Waals surface area contributed by atoms with Crippen molar-refractivity contribution < 1.29 is 22.8 Å². The lowest BCUT2D eigenvalue weighted by atomic mass is 9.82. The Morgan fingerprint density at radius 1 is 1.03 bits per heavy atom. The molecule has 3 aliphatic rings. The zero-order valence-corrected chi connectivity index (χ0v) is 19.0. The van der Waals surface area contributed by atoms with Crippen LogP contribution in [0.15, 0.2) is 29.2 Å². The highest BCUT2D eigenvalue weighted by atomic mass is 32.2. The molecule has 10 nitrogen and oxygen atoms in total. The Labute approximate surface area is 187 Å². The van der Waals surface area contributed by atoms with Crippen molar-refractivity contribution in [2.45, 2.75) is 49.5 Å². The van der Waals surface area contributed by atoms with Crippen LogP contribution in [0.4, 0.5) is 4.79 Å². The Morgan fingerprint density at radius 2 is 1.66 bits per heavy atom. The molecule has 0 unspecified atom stereocenters. The van der Waals surface area contributed by atoms with Crippen LogP contribution >= 0.6 is 0 Å². The molecule has 2 N–H and O–H groups in total.